The number of anilines is 2. The molecular formula is C13H19N3O. The van der Waals surface area contributed by atoms with Crippen molar-refractivity contribution in [2.75, 3.05) is 23.8 Å². The number of hydrogen-bond acceptors (Lipinski definition) is 3. The lowest BCUT2D eigenvalue weighted by molar-refractivity contribution is -0.117. The zero-order valence-corrected chi connectivity index (χ0v) is 10.4. The second kappa shape index (κ2) is 4.75. The highest BCUT2D eigenvalue weighted by Gasteiger charge is 2.17. The van der Waals surface area contributed by atoms with E-state index in [2.05, 4.69) is 23.3 Å². The Balaban J connectivity index is 2.11. The van der Waals surface area contributed by atoms with E-state index in [1.165, 1.54) is 11.3 Å². The number of nitrogens with two attached hydrogens (primary N) is 1. The van der Waals surface area contributed by atoms with E-state index in [1.54, 1.807) is 0 Å². The number of nitrogens with zero attached hydrogens (tertiary/aromatic N) is 1. The van der Waals surface area contributed by atoms with Crippen LogP contribution in [0.1, 0.15) is 18.9 Å². The fourth-order valence-corrected chi connectivity index (χ4v) is 2.06. The zero-order valence-electron chi connectivity index (χ0n) is 10.4. The molecule has 0 spiro atoms. The van der Waals surface area contributed by atoms with Crippen LogP contribution in [0.3, 0.4) is 0 Å². The van der Waals surface area contributed by atoms with E-state index in [1.807, 2.05) is 19.1 Å². The van der Waals surface area contributed by atoms with E-state index in [4.69, 9.17) is 5.73 Å². The summed E-state index contributed by atoms with van der Waals surface area (Å²) in [4.78, 5) is 13.9. The first-order chi connectivity index (χ1) is 8.11. The Bertz CT molecular complexity index is 431. The summed E-state index contributed by atoms with van der Waals surface area (Å²) in [5, 5.41) is 2.85. The number of fused-ring (bicyclic) bond motifs is 1. The van der Waals surface area contributed by atoms with Gasteiger partial charge in [0.15, 0.2) is 0 Å². The Morgan fingerprint density at radius 1 is 1.59 bits per heavy atom. The third-order valence-electron chi connectivity index (χ3n) is 3.25. The van der Waals surface area contributed by atoms with Gasteiger partial charge in [-0.05, 0) is 36.6 Å². The van der Waals surface area contributed by atoms with Gasteiger partial charge in [0.2, 0.25) is 5.91 Å². The standard InChI is InChI=1S/C13H19N3O/c1-3-11(14)13(17)15-10-4-5-12-9(8-10)6-7-16(12)2/h4-5,8,11H,3,6-7,14H2,1-2H3,(H,15,17). The fraction of sp³-hybridized carbons (Fsp3) is 0.462. The molecule has 0 aromatic heterocycles. The normalized spacial score (nSPS) is 15.6. The maximum Gasteiger partial charge on any atom is 0.241 e. The van der Waals surface area contributed by atoms with Crippen LogP contribution in [-0.4, -0.2) is 25.5 Å². The van der Waals surface area contributed by atoms with Crippen LogP contribution in [0.25, 0.3) is 0 Å². The van der Waals surface area contributed by atoms with Crippen molar-refractivity contribution in [3.8, 4) is 0 Å². The van der Waals surface area contributed by atoms with Gasteiger partial charge < -0.3 is 16.0 Å². The fourth-order valence-electron chi connectivity index (χ4n) is 2.06. The highest BCUT2D eigenvalue weighted by Crippen LogP contribution is 2.29. The van der Waals surface area contributed by atoms with Crippen molar-refractivity contribution < 1.29 is 4.79 Å². The smallest absolute Gasteiger partial charge is 0.241 e. The van der Waals surface area contributed by atoms with Crippen LogP contribution in [-0.2, 0) is 11.2 Å². The molecule has 1 aliphatic heterocycles. The summed E-state index contributed by atoms with van der Waals surface area (Å²) in [7, 11) is 2.08. The first-order valence-electron chi connectivity index (χ1n) is 6.02. The molecule has 1 unspecified atom stereocenters. The minimum absolute atomic E-state index is 0.112. The summed E-state index contributed by atoms with van der Waals surface area (Å²) < 4.78 is 0. The molecule has 1 amide bonds. The maximum absolute atomic E-state index is 11.7. The number of benzene rings is 1. The van der Waals surface area contributed by atoms with E-state index in [-0.39, 0.29) is 5.91 Å². The van der Waals surface area contributed by atoms with Crippen molar-refractivity contribution in [1.82, 2.24) is 0 Å². The molecule has 1 aromatic rings. The minimum atomic E-state index is -0.425. The van der Waals surface area contributed by atoms with Gasteiger partial charge in [-0.2, -0.15) is 0 Å². The third-order valence-corrected chi connectivity index (χ3v) is 3.25. The molecule has 1 aliphatic rings. The molecule has 1 heterocycles. The molecule has 0 fully saturated rings. The molecule has 0 saturated heterocycles. The molecular weight excluding hydrogens is 214 g/mol. The highest BCUT2D eigenvalue weighted by atomic mass is 16.2. The molecule has 1 aromatic carbocycles. The Labute approximate surface area is 102 Å². The zero-order chi connectivity index (χ0) is 12.4. The summed E-state index contributed by atoms with van der Waals surface area (Å²) in [6.45, 7) is 2.95. The van der Waals surface area contributed by atoms with E-state index in [0.717, 1.165) is 18.7 Å². The number of carbonyl (C=O) groups is 1. The second-order valence-electron chi connectivity index (χ2n) is 4.52. The molecule has 0 saturated carbocycles. The molecule has 17 heavy (non-hydrogen) atoms. The van der Waals surface area contributed by atoms with Crippen LogP contribution in [0.4, 0.5) is 11.4 Å². The number of nitrogens with one attached hydrogen (secondary N) is 1. The average Bonchev–Trinajstić information content (AvgIpc) is 2.69. The van der Waals surface area contributed by atoms with E-state index in [0.29, 0.717) is 6.42 Å². The van der Waals surface area contributed by atoms with Gasteiger partial charge in [-0.15, -0.1) is 0 Å². The van der Waals surface area contributed by atoms with Crippen LogP contribution in [0.2, 0.25) is 0 Å². The van der Waals surface area contributed by atoms with Crippen molar-refractivity contribution >= 4 is 17.3 Å². The lowest BCUT2D eigenvalue weighted by Gasteiger charge is -2.13. The average molecular weight is 233 g/mol. The molecule has 4 nitrogen and oxygen atoms in total. The molecule has 0 bridgehead atoms. The van der Waals surface area contributed by atoms with Gasteiger partial charge in [0.05, 0.1) is 6.04 Å². The van der Waals surface area contributed by atoms with Crippen molar-refractivity contribution in [3.63, 3.8) is 0 Å². The molecule has 2 rings (SSSR count). The number of carbonyl (C=O) groups excluding carboxylic acids is 1. The van der Waals surface area contributed by atoms with Gasteiger partial charge in [-0.1, -0.05) is 6.92 Å². The Morgan fingerprint density at radius 2 is 2.35 bits per heavy atom. The van der Waals surface area contributed by atoms with Crippen molar-refractivity contribution in [3.05, 3.63) is 23.8 Å². The lowest BCUT2D eigenvalue weighted by Crippen LogP contribution is -2.34. The van der Waals surface area contributed by atoms with Crippen LogP contribution in [0, 0.1) is 0 Å². The minimum Gasteiger partial charge on any atom is -0.374 e. The first kappa shape index (κ1) is 11.9. The summed E-state index contributed by atoms with van der Waals surface area (Å²) in [5.41, 5.74) is 9.06. The Hall–Kier alpha value is -1.55. The number of hydrogen-bond donors (Lipinski definition) is 2. The Morgan fingerprint density at radius 3 is 3.06 bits per heavy atom. The van der Waals surface area contributed by atoms with Crippen LogP contribution in [0.15, 0.2) is 18.2 Å². The predicted octanol–water partition coefficient (Wildman–Crippen LogP) is 1.35. The van der Waals surface area contributed by atoms with Crippen molar-refractivity contribution in [1.29, 1.82) is 0 Å². The summed E-state index contributed by atoms with van der Waals surface area (Å²) in [5.74, 6) is -0.112. The molecule has 0 radical (unpaired) electrons. The van der Waals surface area contributed by atoms with E-state index < -0.39 is 6.04 Å². The molecule has 4 heteroatoms. The number of amides is 1. The highest BCUT2D eigenvalue weighted by molar-refractivity contribution is 5.95. The van der Waals surface area contributed by atoms with E-state index >= 15 is 0 Å². The summed E-state index contributed by atoms with van der Waals surface area (Å²) in [6, 6.07) is 5.60. The summed E-state index contributed by atoms with van der Waals surface area (Å²) >= 11 is 0. The molecule has 0 aliphatic carbocycles. The largest absolute Gasteiger partial charge is 0.374 e. The van der Waals surface area contributed by atoms with Gasteiger partial charge in [0, 0.05) is 25.0 Å². The van der Waals surface area contributed by atoms with Gasteiger partial charge in [0.1, 0.15) is 0 Å². The predicted molar refractivity (Wildman–Crippen MR) is 70.3 cm³/mol. The van der Waals surface area contributed by atoms with Gasteiger partial charge in [0.25, 0.3) is 0 Å². The second-order valence-corrected chi connectivity index (χ2v) is 4.52. The van der Waals surface area contributed by atoms with Crippen molar-refractivity contribution in [2.24, 2.45) is 5.73 Å². The van der Waals surface area contributed by atoms with Gasteiger partial charge in [-0.3, -0.25) is 4.79 Å². The SMILES string of the molecule is CCC(N)C(=O)Nc1ccc2c(c1)CCN2C. The topological polar surface area (TPSA) is 58.4 Å². The Kier molecular flexibility index (Phi) is 3.33. The monoisotopic (exact) mass is 233 g/mol. The molecule has 3 N–H and O–H groups in total. The summed E-state index contributed by atoms with van der Waals surface area (Å²) in [6.07, 6.45) is 1.69. The first-order valence-corrected chi connectivity index (χ1v) is 6.02. The van der Waals surface area contributed by atoms with Crippen LogP contribution >= 0.6 is 0 Å². The number of rotatable bonds is 3. The van der Waals surface area contributed by atoms with Gasteiger partial charge in [-0.25, -0.2) is 0 Å². The molecule has 92 valence electrons. The van der Waals surface area contributed by atoms with Crippen LogP contribution in [0.5, 0.6) is 0 Å². The van der Waals surface area contributed by atoms with E-state index in [9.17, 15) is 4.79 Å². The maximum atomic E-state index is 11.7. The van der Waals surface area contributed by atoms with Crippen LogP contribution < -0.4 is 16.0 Å². The quantitative estimate of drug-likeness (QED) is 0.828. The van der Waals surface area contributed by atoms with Crippen molar-refractivity contribution in [2.45, 2.75) is 25.8 Å². The lowest BCUT2D eigenvalue weighted by atomic mass is 10.1. The number of likely N-dealkylation sites (N-methyl/N-ethyl adjacent to an activating group) is 1. The van der Waals surface area contributed by atoms with Gasteiger partial charge >= 0.3 is 0 Å². The molecule has 1 atom stereocenters. The third kappa shape index (κ3) is 2.42.